The fourth-order valence-corrected chi connectivity index (χ4v) is 9.27. The molecule has 0 aromatic carbocycles. The number of unbranched alkanes of at least 4 members (excludes halogenated alkanes) is 25. The third-order valence-corrected chi connectivity index (χ3v) is 13.4. The molecule has 0 rings (SSSR count). The van der Waals surface area contributed by atoms with Crippen molar-refractivity contribution in [2.24, 2.45) is 11.8 Å². The number of hydrogen-bond donors (Lipinski definition) is 0. The van der Waals surface area contributed by atoms with E-state index in [4.69, 9.17) is 4.74 Å². The second-order valence-electron chi connectivity index (χ2n) is 20.0. The van der Waals surface area contributed by atoms with E-state index in [-0.39, 0.29) is 11.9 Å². The molecule has 0 aliphatic heterocycles. The van der Waals surface area contributed by atoms with Crippen LogP contribution in [-0.2, 0) is 14.3 Å². The van der Waals surface area contributed by atoms with E-state index in [1.54, 1.807) is 0 Å². The summed E-state index contributed by atoms with van der Waals surface area (Å²) in [6.07, 6.45) is 59.2. The molecule has 0 aliphatic rings. The van der Waals surface area contributed by atoms with Crippen LogP contribution in [-0.4, -0.2) is 68.4 Å². The molecule has 372 valence electrons. The first-order chi connectivity index (χ1) is 30.9. The molecule has 0 saturated carbocycles. The lowest BCUT2D eigenvalue weighted by Crippen LogP contribution is -2.42. The molecule has 2 atom stereocenters. The van der Waals surface area contributed by atoms with E-state index in [0.717, 1.165) is 51.7 Å². The SMILES string of the molecule is CCCCC/C=C\CCCC(CCC/C=C\CCCCC)CN(CC(C=O)CCCN(C)C)C(CCCCCCCCCC)CCCCCCC(=O)OCCCCCCCCCC. The fourth-order valence-electron chi connectivity index (χ4n) is 9.27. The lowest BCUT2D eigenvalue weighted by Gasteiger charge is -2.37. The monoisotopic (exact) mass is 885 g/mol. The van der Waals surface area contributed by atoms with Crippen molar-refractivity contribution >= 4 is 12.3 Å². The molecule has 0 aromatic rings. The standard InChI is InChI=1S/C58H112N2O3/c1-7-11-15-19-23-27-31-37-44-55(45-38-32-28-24-20-16-12-8-2)52-60(53-56(54-61)46-43-50-59(5)6)57(47-39-33-29-25-21-17-13-9-3)48-40-34-35-41-49-58(62)63-51-42-36-30-26-22-18-14-10-4/h23-24,27-28,54-57H,7-22,25-26,29-53H2,1-6H3/b27-23-,28-24-. The summed E-state index contributed by atoms with van der Waals surface area (Å²) in [5.41, 5.74) is 0. The molecule has 63 heavy (non-hydrogen) atoms. The Bertz CT molecular complexity index is 969. The van der Waals surface area contributed by atoms with Crippen molar-refractivity contribution in [2.45, 2.75) is 284 Å². The summed E-state index contributed by atoms with van der Waals surface area (Å²) in [7, 11) is 4.29. The molecule has 5 heteroatoms. The second-order valence-corrected chi connectivity index (χ2v) is 20.0. The minimum atomic E-state index is -0.00382. The summed E-state index contributed by atoms with van der Waals surface area (Å²) in [5, 5.41) is 0. The normalized spacial score (nSPS) is 13.1. The Morgan fingerprint density at radius 1 is 0.460 bits per heavy atom. The first kappa shape index (κ1) is 61.5. The van der Waals surface area contributed by atoms with Crippen LogP contribution in [0.4, 0.5) is 0 Å². The molecule has 2 unspecified atom stereocenters. The number of esters is 1. The van der Waals surface area contributed by atoms with Crippen LogP contribution in [0.2, 0.25) is 0 Å². The Morgan fingerprint density at radius 3 is 1.37 bits per heavy atom. The zero-order valence-corrected chi connectivity index (χ0v) is 43.6. The van der Waals surface area contributed by atoms with Gasteiger partial charge in [0.1, 0.15) is 6.29 Å². The van der Waals surface area contributed by atoms with Crippen LogP contribution in [0.25, 0.3) is 0 Å². The molecule has 0 aliphatic carbocycles. The quantitative estimate of drug-likeness (QED) is 0.0264. The number of carbonyl (C=O) groups excluding carboxylic acids is 2. The van der Waals surface area contributed by atoms with E-state index in [1.165, 1.54) is 218 Å². The van der Waals surface area contributed by atoms with Crippen LogP contribution < -0.4 is 0 Å². The van der Waals surface area contributed by atoms with Crippen molar-refractivity contribution in [3.8, 4) is 0 Å². The average molecular weight is 886 g/mol. The molecule has 0 fully saturated rings. The summed E-state index contributed by atoms with van der Waals surface area (Å²) in [6.45, 7) is 12.8. The van der Waals surface area contributed by atoms with Gasteiger partial charge in [0.05, 0.1) is 6.61 Å². The maximum absolute atomic E-state index is 12.8. The highest BCUT2D eigenvalue weighted by Crippen LogP contribution is 2.26. The van der Waals surface area contributed by atoms with Crippen molar-refractivity contribution in [1.29, 1.82) is 0 Å². The number of ether oxygens (including phenoxy) is 1. The molecule has 0 radical (unpaired) electrons. The summed E-state index contributed by atoms with van der Waals surface area (Å²) in [4.78, 5) is 30.4. The van der Waals surface area contributed by atoms with Crippen LogP contribution in [0.3, 0.4) is 0 Å². The fraction of sp³-hybridized carbons (Fsp3) is 0.897. The van der Waals surface area contributed by atoms with Crippen LogP contribution >= 0.6 is 0 Å². The maximum Gasteiger partial charge on any atom is 0.305 e. The summed E-state index contributed by atoms with van der Waals surface area (Å²) in [5.74, 6) is 0.760. The number of hydrogen-bond acceptors (Lipinski definition) is 5. The smallest absolute Gasteiger partial charge is 0.305 e. The highest BCUT2D eigenvalue weighted by Gasteiger charge is 2.25. The van der Waals surface area contributed by atoms with Gasteiger partial charge in [0.2, 0.25) is 0 Å². The van der Waals surface area contributed by atoms with Crippen LogP contribution in [0.5, 0.6) is 0 Å². The Morgan fingerprint density at radius 2 is 0.889 bits per heavy atom. The first-order valence-corrected chi connectivity index (χ1v) is 28.2. The lowest BCUT2D eigenvalue weighted by atomic mass is 9.91. The van der Waals surface area contributed by atoms with Crippen molar-refractivity contribution in [3.05, 3.63) is 24.3 Å². The van der Waals surface area contributed by atoms with E-state index < -0.39 is 0 Å². The molecule has 0 amide bonds. The van der Waals surface area contributed by atoms with Crippen LogP contribution in [0, 0.1) is 11.8 Å². The average Bonchev–Trinajstić information content (AvgIpc) is 3.27. The van der Waals surface area contributed by atoms with Gasteiger partial charge >= 0.3 is 5.97 Å². The molecule has 0 spiro atoms. The van der Waals surface area contributed by atoms with E-state index in [1.807, 2.05) is 0 Å². The summed E-state index contributed by atoms with van der Waals surface area (Å²) >= 11 is 0. The lowest BCUT2D eigenvalue weighted by molar-refractivity contribution is -0.143. The van der Waals surface area contributed by atoms with Crippen molar-refractivity contribution in [3.63, 3.8) is 0 Å². The minimum absolute atomic E-state index is 0.00382. The Labute approximate surface area is 395 Å². The van der Waals surface area contributed by atoms with Crippen molar-refractivity contribution < 1.29 is 14.3 Å². The molecule has 0 bridgehead atoms. The second kappa shape index (κ2) is 50.0. The number of allylic oxidation sites excluding steroid dienone is 4. The topological polar surface area (TPSA) is 49.9 Å². The van der Waals surface area contributed by atoms with Crippen LogP contribution in [0.1, 0.15) is 278 Å². The Balaban J connectivity index is 5.76. The number of rotatable bonds is 51. The number of carbonyl (C=O) groups is 2. The Hall–Kier alpha value is -1.46. The van der Waals surface area contributed by atoms with Gasteiger partial charge in [0, 0.05) is 31.5 Å². The highest BCUT2D eigenvalue weighted by molar-refractivity contribution is 5.69. The molecular formula is C58H112N2O3. The molecule has 0 heterocycles. The molecule has 5 nitrogen and oxygen atoms in total. The van der Waals surface area contributed by atoms with Gasteiger partial charge in [-0.3, -0.25) is 9.69 Å². The molecule has 0 saturated heterocycles. The zero-order chi connectivity index (χ0) is 46.1. The van der Waals surface area contributed by atoms with Crippen molar-refractivity contribution in [1.82, 2.24) is 9.80 Å². The van der Waals surface area contributed by atoms with Gasteiger partial charge < -0.3 is 14.4 Å². The third-order valence-electron chi connectivity index (χ3n) is 13.4. The van der Waals surface area contributed by atoms with E-state index in [9.17, 15) is 9.59 Å². The predicted octanol–water partition coefficient (Wildman–Crippen LogP) is 17.6. The van der Waals surface area contributed by atoms with Gasteiger partial charge in [-0.05, 0) is 129 Å². The highest BCUT2D eigenvalue weighted by atomic mass is 16.5. The van der Waals surface area contributed by atoms with Gasteiger partial charge in [0.25, 0.3) is 0 Å². The van der Waals surface area contributed by atoms with Gasteiger partial charge in [-0.25, -0.2) is 0 Å². The summed E-state index contributed by atoms with van der Waals surface area (Å²) < 4.78 is 5.62. The van der Waals surface area contributed by atoms with E-state index >= 15 is 0 Å². The van der Waals surface area contributed by atoms with Crippen molar-refractivity contribution in [2.75, 3.05) is 40.3 Å². The number of aldehydes is 1. The van der Waals surface area contributed by atoms with Gasteiger partial charge in [-0.2, -0.15) is 0 Å². The molecular weight excluding hydrogens is 773 g/mol. The minimum Gasteiger partial charge on any atom is -0.466 e. The number of nitrogens with zero attached hydrogens (tertiary/aromatic N) is 2. The maximum atomic E-state index is 12.8. The van der Waals surface area contributed by atoms with E-state index in [2.05, 4.69) is 75.9 Å². The first-order valence-electron chi connectivity index (χ1n) is 28.2. The van der Waals surface area contributed by atoms with Gasteiger partial charge in [-0.1, -0.05) is 193 Å². The third kappa shape index (κ3) is 44.2. The molecule has 0 N–H and O–H groups in total. The zero-order valence-electron chi connectivity index (χ0n) is 43.6. The van der Waals surface area contributed by atoms with E-state index in [0.29, 0.717) is 25.0 Å². The Kier molecular flexibility index (Phi) is 48.8. The largest absolute Gasteiger partial charge is 0.466 e. The summed E-state index contributed by atoms with van der Waals surface area (Å²) in [6, 6.07) is 0.525. The van der Waals surface area contributed by atoms with Gasteiger partial charge in [-0.15, -0.1) is 0 Å². The van der Waals surface area contributed by atoms with Gasteiger partial charge in [0.15, 0.2) is 0 Å². The van der Waals surface area contributed by atoms with Crippen LogP contribution in [0.15, 0.2) is 24.3 Å². The molecule has 0 aromatic heterocycles. The predicted molar refractivity (Wildman–Crippen MR) is 279 cm³/mol.